The lowest BCUT2D eigenvalue weighted by molar-refractivity contribution is -0.138. The van der Waals surface area contributed by atoms with E-state index >= 15 is 0 Å². The highest BCUT2D eigenvalue weighted by Crippen LogP contribution is 2.36. The maximum Gasteiger partial charge on any atom is 0.418 e. The number of hydrogen-bond donors (Lipinski definition) is 2. The molecule has 38 heavy (non-hydrogen) atoms. The molecular formula is C23H20F6N8O. The van der Waals surface area contributed by atoms with Gasteiger partial charge < -0.3 is 15.4 Å². The van der Waals surface area contributed by atoms with Crippen LogP contribution < -0.4 is 10.6 Å². The standard InChI is InChI=1S/C23H20F6N8O/c1-2-8-38-9-7-30-18-10-14(23(27,28)29)19(37-36-18)16-12-33-20-15(5-6-31-21(20)35-16)34-17-4-3-13(11-32-17)22(24,25)26/h3-6,10-12H,2,7-9H2,1H3,(H,30,36)(H,31,32,34,35). The minimum absolute atomic E-state index is 0.0235. The molecule has 2 N–H and O–H groups in total. The smallest absolute Gasteiger partial charge is 0.380 e. The molecule has 4 rings (SSSR count). The number of anilines is 3. The summed E-state index contributed by atoms with van der Waals surface area (Å²) in [5.41, 5.74) is -2.32. The molecule has 9 nitrogen and oxygen atoms in total. The Morgan fingerprint density at radius 3 is 2.37 bits per heavy atom. The number of rotatable bonds is 9. The van der Waals surface area contributed by atoms with E-state index in [1.165, 1.54) is 12.3 Å². The molecule has 0 aliphatic rings. The predicted octanol–water partition coefficient (Wildman–Crippen LogP) is 5.50. The van der Waals surface area contributed by atoms with Gasteiger partial charge in [-0.1, -0.05) is 6.92 Å². The predicted molar refractivity (Wildman–Crippen MR) is 125 cm³/mol. The zero-order chi connectivity index (χ0) is 27.3. The van der Waals surface area contributed by atoms with Crippen LogP contribution in [0.5, 0.6) is 0 Å². The van der Waals surface area contributed by atoms with Crippen LogP contribution in [0.1, 0.15) is 24.5 Å². The molecule has 0 unspecified atom stereocenters. The fourth-order valence-corrected chi connectivity index (χ4v) is 3.29. The molecule has 0 aliphatic heterocycles. The molecule has 0 atom stereocenters. The average Bonchev–Trinajstić information content (AvgIpc) is 2.88. The SMILES string of the molecule is CCCOCCNc1cc(C(F)(F)F)c(-c2cnc3c(Nc4ccc(C(F)(F)F)cn4)ccnc3n2)nn1. The summed E-state index contributed by atoms with van der Waals surface area (Å²) in [7, 11) is 0. The van der Waals surface area contributed by atoms with E-state index in [1.807, 2.05) is 6.92 Å². The molecular weight excluding hydrogens is 518 g/mol. The Morgan fingerprint density at radius 2 is 1.68 bits per heavy atom. The minimum atomic E-state index is -4.76. The Morgan fingerprint density at radius 1 is 0.868 bits per heavy atom. The van der Waals surface area contributed by atoms with Gasteiger partial charge in [-0.15, -0.1) is 10.2 Å². The third-order valence-electron chi connectivity index (χ3n) is 5.04. The van der Waals surface area contributed by atoms with Crippen LogP contribution in [0.15, 0.2) is 42.9 Å². The third-order valence-corrected chi connectivity index (χ3v) is 5.04. The first kappa shape index (κ1) is 26.9. The van der Waals surface area contributed by atoms with Gasteiger partial charge in [-0.25, -0.2) is 19.9 Å². The molecule has 0 radical (unpaired) electrons. The summed E-state index contributed by atoms with van der Waals surface area (Å²) < 4.78 is 85.2. The largest absolute Gasteiger partial charge is 0.418 e. The van der Waals surface area contributed by atoms with Crippen LogP contribution in [-0.2, 0) is 17.1 Å². The van der Waals surface area contributed by atoms with Gasteiger partial charge in [-0.05, 0) is 30.7 Å². The topological polar surface area (TPSA) is 111 Å². The van der Waals surface area contributed by atoms with Crippen LogP contribution in [0, 0.1) is 0 Å². The van der Waals surface area contributed by atoms with E-state index in [0.29, 0.717) is 19.4 Å². The Kier molecular flexibility index (Phi) is 7.85. The Bertz CT molecular complexity index is 1400. The number of nitrogens with zero attached hydrogens (tertiary/aromatic N) is 6. The van der Waals surface area contributed by atoms with Crippen molar-refractivity contribution in [1.82, 2.24) is 30.1 Å². The van der Waals surface area contributed by atoms with Crippen molar-refractivity contribution in [3.05, 3.63) is 54.0 Å². The average molecular weight is 538 g/mol. The van der Waals surface area contributed by atoms with Crippen LogP contribution in [-0.4, -0.2) is 49.9 Å². The number of halogens is 6. The van der Waals surface area contributed by atoms with E-state index in [9.17, 15) is 26.3 Å². The van der Waals surface area contributed by atoms with Gasteiger partial charge in [0.1, 0.15) is 28.5 Å². The van der Waals surface area contributed by atoms with Crippen molar-refractivity contribution in [3.63, 3.8) is 0 Å². The lowest BCUT2D eigenvalue weighted by Crippen LogP contribution is -2.15. The first-order valence-corrected chi connectivity index (χ1v) is 11.2. The highest BCUT2D eigenvalue weighted by atomic mass is 19.4. The summed E-state index contributed by atoms with van der Waals surface area (Å²) in [4.78, 5) is 16.1. The van der Waals surface area contributed by atoms with Crippen LogP contribution in [0.2, 0.25) is 0 Å². The molecule has 200 valence electrons. The molecule has 15 heteroatoms. The first-order chi connectivity index (χ1) is 18.1. The maximum absolute atomic E-state index is 13.9. The molecule has 0 amide bonds. The molecule has 0 spiro atoms. The second-order valence-electron chi connectivity index (χ2n) is 7.87. The number of hydrogen-bond acceptors (Lipinski definition) is 9. The molecule has 0 saturated heterocycles. The van der Waals surface area contributed by atoms with Crippen LogP contribution in [0.3, 0.4) is 0 Å². The zero-order valence-corrected chi connectivity index (χ0v) is 19.7. The molecule has 0 bridgehead atoms. The van der Waals surface area contributed by atoms with E-state index in [0.717, 1.165) is 30.8 Å². The minimum Gasteiger partial charge on any atom is -0.380 e. The molecule has 4 aromatic heterocycles. The van der Waals surface area contributed by atoms with Crippen molar-refractivity contribution in [2.24, 2.45) is 0 Å². The van der Waals surface area contributed by atoms with Crippen molar-refractivity contribution in [3.8, 4) is 11.4 Å². The molecule has 4 aromatic rings. The highest BCUT2D eigenvalue weighted by molar-refractivity contribution is 5.87. The molecule has 0 fully saturated rings. The zero-order valence-electron chi connectivity index (χ0n) is 19.7. The normalized spacial score (nSPS) is 12.1. The molecule has 0 saturated carbocycles. The number of nitrogens with one attached hydrogen (secondary N) is 2. The summed E-state index contributed by atoms with van der Waals surface area (Å²) in [6.45, 7) is 3.01. The second kappa shape index (κ2) is 11.1. The lowest BCUT2D eigenvalue weighted by atomic mass is 10.1. The Hall–Kier alpha value is -4.14. The summed E-state index contributed by atoms with van der Waals surface area (Å²) in [6, 6.07) is 4.29. The number of fused-ring (bicyclic) bond motifs is 1. The van der Waals surface area contributed by atoms with Gasteiger partial charge in [0, 0.05) is 25.5 Å². The third kappa shape index (κ3) is 6.40. The van der Waals surface area contributed by atoms with Crippen LogP contribution >= 0.6 is 0 Å². The molecule has 4 heterocycles. The monoisotopic (exact) mass is 538 g/mol. The van der Waals surface area contributed by atoms with E-state index < -0.39 is 29.2 Å². The van der Waals surface area contributed by atoms with Gasteiger partial charge in [0.05, 0.1) is 29.6 Å². The van der Waals surface area contributed by atoms with Crippen LogP contribution in [0.4, 0.5) is 43.7 Å². The van der Waals surface area contributed by atoms with Gasteiger partial charge in [0.25, 0.3) is 0 Å². The molecule has 0 aromatic carbocycles. The van der Waals surface area contributed by atoms with Gasteiger partial charge in [0.15, 0.2) is 5.65 Å². The summed E-state index contributed by atoms with van der Waals surface area (Å²) in [5.74, 6) is 0.00774. The highest BCUT2D eigenvalue weighted by Gasteiger charge is 2.36. The van der Waals surface area contributed by atoms with Crippen molar-refractivity contribution >= 4 is 28.5 Å². The van der Waals surface area contributed by atoms with Gasteiger partial charge >= 0.3 is 12.4 Å². The fourth-order valence-electron chi connectivity index (χ4n) is 3.29. The number of ether oxygens (including phenoxy) is 1. The summed E-state index contributed by atoms with van der Waals surface area (Å²) in [5, 5.41) is 13.1. The van der Waals surface area contributed by atoms with E-state index in [-0.39, 0.29) is 40.7 Å². The quantitative estimate of drug-likeness (QED) is 0.211. The Labute approximate surface area is 211 Å². The Balaban J connectivity index is 1.61. The summed E-state index contributed by atoms with van der Waals surface area (Å²) >= 11 is 0. The van der Waals surface area contributed by atoms with Crippen LogP contribution in [0.25, 0.3) is 22.6 Å². The van der Waals surface area contributed by atoms with E-state index in [2.05, 4.69) is 40.8 Å². The number of alkyl halides is 6. The molecule has 0 aliphatic carbocycles. The lowest BCUT2D eigenvalue weighted by Gasteiger charge is -2.14. The van der Waals surface area contributed by atoms with Crippen molar-refractivity contribution in [2.75, 3.05) is 30.4 Å². The van der Waals surface area contributed by atoms with Gasteiger partial charge in [-0.2, -0.15) is 26.3 Å². The second-order valence-corrected chi connectivity index (χ2v) is 7.87. The first-order valence-electron chi connectivity index (χ1n) is 11.2. The number of pyridine rings is 2. The van der Waals surface area contributed by atoms with Gasteiger partial charge in [0.2, 0.25) is 0 Å². The maximum atomic E-state index is 13.9. The van der Waals surface area contributed by atoms with E-state index in [4.69, 9.17) is 4.74 Å². The van der Waals surface area contributed by atoms with Crippen molar-refractivity contribution < 1.29 is 31.1 Å². The van der Waals surface area contributed by atoms with Crippen molar-refractivity contribution in [1.29, 1.82) is 0 Å². The van der Waals surface area contributed by atoms with Gasteiger partial charge in [-0.3, -0.25) is 0 Å². The van der Waals surface area contributed by atoms with E-state index in [1.54, 1.807) is 0 Å². The van der Waals surface area contributed by atoms with Crippen molar-refractivity contribution in [2.45, 2.75) is 25.7 Å². The summed E-state index contributed by atoms with van der Waals surface area (Å²) in [6.07, 6.45) is -5.41. The fraction of sp³-hybridized carbons (Fsp3) is 0.304. The number of aromatic nitrogens is 6.